The highest BCUT2D eigenvalue weighted by Gasteiger charge is 2.92. The van der Waals surface area contributed by atoms with Crippen molar-refractivity contribution in [3.8, 4) is 0 Å². The molecule has 0 aromatic heterocycles. The van der Waals surface area contributed by atoms with Crippen LogP contribution in [0.2, 0.25) is 0 Å². The number of alkyl halides is 59. The first-order chi connectivity index (χ1) is 37.9. The van der Waals surface area contributed by atoms with Crippen LogP contribution >= 0.6 is 708 Å². The van der Waals surface area contributed by atoms with Gasteiger partial charge in [-0.15, -0.1) is 0 Å². The highest BCUT2D eigenvalue weighted by atomic mass is 35.6. The van der Waals surface area contributed by atoms with Crippen molar-refractivity contribution in [1.29, 1.82) is 0 Å². The second-order valence-corrected chi connectivity index (χ2v) is 57.2. The van der Waals surface area contributed by atoms with Gasteiger partial charge in [0, 0.05) is 0 Å². The molecule has 0 aliphatic rings. The molecule has 0 saturated carbocycles. The first kappa shape index (κ1) is 109. The standard InChI is InChI=1S/C30Cl61/c31-1(32)2(33,34)3(35,36)4(37,38)5(39,40)6(41,42)7(43,44)8(45,46)9(47,48)10(49,50)11(51,52)12(53,54)13(55,56)14(57,58)15(59,60)16(61,62)17(63,64)18(65,66)19(67,68)20(69,70)21(71,72)22(73,74)23(75,76)24(77,78)25(79,80)26(81,82)27(83,84)28(85,86)29(87,88)30(89,90)91. The Balaban J connectivity index is 8.38. The Bertz CT molecular complexity index is 2600. The van der Waals surface area contributed by atoms with E-state index in [1.165, 1.54) is 0 Å². The summed E-state index contributed by atoms with van der Waals surface area (Å²) in [6.45, 7) is 0. The molecular formula is C30Cl61. The van der Waals surface area contributed by atoms with E-state index in [1.807, 2.05) is 0 Å². The van der Waals surface area contributed by atoms with Crippen LogP contribution in [0.25, 0.3) is 0 Å². The van der Waals surface area contributed by atoms with E-state index >= 15 is 0 Å². The molecule has 0 fully saturated rings. The van der Waals surface area contributed by atoms with E-state index < -0.39 is 130 Å². The van der Waals surface area contributed by atoms with E-state index in [2.05, 4.69) is 0 Å². The van der Waals surface area contributed by atoms with Gasteiger partial charge in [0.2, 0.25) is 8.13 Å². The summed E-state index contributed by atoms with van der Waals surface area (Å²) in [6, 6.07) is 0. The van der Waals surface area contributed by atoms with Crippen molar-refractivity contribution in [1.82, 2.24) is 0 Å². The molecule has 0 rings (SSSR count). The van der Waals surface area contributed by atoms with Crippen molar-refractivity contribution < 1.29 is 0 Å². The van der Waals surface area contributed by atoms with E-state index in [4.69, 9.17) is 708 Å². The molecule has 0 aromatic carbocycles. The maximum atomic E-state index is 6.75. The third-order valence-electron chi connectivity index (χ3n) is 11.2. The molecule has 0 bridgehead atoms. The first-order valence-electron chi connectivity index (χ1n) is 18.8. The minimum Gasteiger partial charge on any atom is -0.0946 e. The van der Waals surface area contributed by atoms with Gasteiger partial charge in [0.15, 0.2) is 122 Å². The largest absolute Gasteiger partial charge is 0.226 e. The van der Waals surface area contributed by atoms with Crippen LogP contribution in [0.3, 0.4) is 0 Å². The fourth-order valence-electron chi connectivity index (χ4n) is 5.42. The zero-order chi connectivity index (χ0) is 76.1. The molecule has 0 heterocycles. The molecule has 0 aromatic rings. The number of hydrogen-bond acceptors (Lipinski definition) is 0. The van der Waals surface area contributed by atoms with Gasteiger partial charge < -0.3 is 0 Å². The van der Waals surface area contributed by atoms with Crippen LogP contribution in [0.1, 0.15) is 0 Å². The van der Waals surface area contributed by atoms with Crippen LogP contribution in [-0.4, -0.2) is 125 Å². The summed E-state index contributed by atoms with van der Waals surface area (Å²) in [5.41, 5.74) is 0. The fraction of sp³-hybridized carbons (Fsp3) is 0.967. The summed E-state index contributed by atoms with van der Waals surface area (Å²) in [5, 5.41) is 0. The minimum atomic E-state index is -4.04. The Hall–Kier alpha value is 17.7. The van der Waals surface area contributed by atoms with Crippen LogP contribution in [-0.2, 0) is 0 Å². The summed E-state index contributed by atoms with van der Waals surface area (Å²) >= 11 is 399. The van der Waals surface area contributed by atoms with Crippen LogP contribution in [0.4, 0.5) is 0 Å². The third-order valence-corrected chi connectivity index (χ3v) is 55.6. The van der Waals surface area contributed by atoms with Gasteiger partial charge >= 0.3 is 0 Å². The lowest BCUT2D eigenvalue weighted by molar-refractivity contribution is 0.378. The van der Waals surface area contributed by atoms with E-state index in [0.717, 1.165) is 0 Å². The number of halogens is 61. The third kappa shape index (κ3) is 15.8. The normalized spacial score (nSPS) is 17.6. The molecule has 0 aliphatic heterocycles. The van der Waals surface area contributed by atoms with Crippen LogP contribution in [0.15, 0.2) is 0 Å². The molecule has 0 spiro atoms. The maximum absolute atomic E-state index is 6.75. The molecule has 0 saturated heterocycles. The lowest BCUT2D eigenvalue weighted by Crippen LogP contribution is -2.77. The van der Waals surface area contributed by atoms with E-state index in [9.17, 15) is 0 Å². The lowest BCUT2D eigenvalue weighted by Gasteiger charge is -2.60. The molecule has 61 heteroatoms. The van der Waals surface area contributed by atoms with Crippen molar-refractivity contribution in [2.24, 2.45) is 0 Å². The molecule has 0 N–H and O–H groups in total. The topological polar surface area (TPSA) is 0 Å². The zero-order valence-corrected chi connectivity index (χ0v) is 84.2. The summed E-state index contributed by atoms with van der Waals surface area (Å²) in [7, 11) is 0. The zero-order valence-electron chi connectivity index (χ0n) is 38.1. The smallest absolute Gasteiger partial charge is 0.0946 e. The first-order valence-corrected chi connectivity index (χ1v) is 41.8. The maximum Gasteiger partial charge on any atom is 0.226 e. The van der Waals surface area contributed by atoms with Gasteiger partial charge in [0.05, 0.1) is 0 Å². The second kappa shape index (κ2) is 32.3. The Morgan fingerprint density at radius 2 is 0.165 bits per heavy atom. The summed E-state index contributed by atoms with van der Waals surface area (Å²) in [5.74, 6) is 0. The molecule has 0 unspecified atom stereocenters. The molecule has 1 radical (unpaired) electrons. The molecule has 0 atom stereocenters. The summed E-state index contributed by atoms with van der Waals surface area (Å²) < 4.78 is -109. The Morgan fingerprint density at radius 1 is 0.0989 bits per heavy atom. The highest BCUT2D eigenvalue weighted by Crippen LogP contribution is 2.82. The summed E-state index contributed by atoms with van der Waals surface area (Å²) in [6.07, 6.45) is 0. The Labute approximate surface area is 822 Å². The van der Waals surface area contributed by atoms with Crippen LogP contribution in [0, 0.1) is 4.84 Å². The van der Waals surface area contributed by atoms with Crippen molar-refractivity contribution in [2.75, 3.05) is 0 Å². The average molecular weight is 2520 g/mol. The predicted molar refractivity (Wildman–Crippen MR) is 439 cm³/mol. The van der Waals surface area contributed by atoms with Crippen LogP contribution in [0.5, 0.6) is 0 Å². The Kier molecular flexibility index (Phi) is 38.6. The monoisotopic (exact) mass is 2490 g/mol. The minimum absolute atomic E-state index is 1.08. The molecule has 547 valence electrons. The Morgan fingerprint density at radius 3 is 0.231 bits per heavy atom. The molecule has 0 aliphatic carbocycles. The van der Waals surface area contributed by atoms with Gasteiger partial charge in [-0.2, -0.15) is 0 Å². The lowest BCUT2D eigenvalue weighted by atomic mass is 9.94. The van der Waals surface area contributed by atoms with Gasteiger partial charge in [0.1, 0.15) is 0 Å². The van der Waals surface area contributed by atoms with E-state index in [0.29, 0.717) is 0 Å². The quantitative estimate of drug-likeness (QED) is 0.0685. The van der Waals surface area contributed by atoms with Crippen LogP contribution < -0.4 is 0 Å². The molecule has 0 nitrogen and oxygen atoms in total. The van der Waals surface area contributed by atoms with Gasteiger partial charge in [0.25, 0.3) is 0 Å². The number of hydrogen-bond donors (Lipinski definition) is 0. The van der Waals surface area contributed by atoms with Gasteiger partial charge in [-0.25, -0.2) is 0 Å². The van der Waals surface area contributed by atoms with E-state index in [1.54, 1.807) is 0 Å². The van der Waals surface area contributed by atoms with E-state index in [-0.39, 0.29) is 0 Å². The number of rotatable bonds is 28. The molecule has 91 heavy (non-hydrogen) atoms. The average Bonchev–Trinajstić information content (AvgIpc) is 3.31. The van der Waals surface area contributed by atoms with Crippen molar-refractivity contribution in [3.05, 3.63) is 4.84 Å². The molecular weight excluding hydrogens is 2520 g/mol. The van der Waals surface area contributed by atoms with Crippen molar-refractivity contribution in [3.63, 3.8) is 0 Å². The van der Waals surface area contributed by atoms with Gasteiger partial charge in [-0.05, 0) is 0 Å². The van der Waals surface area contributed by atoms with Gasteiger partial charge in [-0.1, -0.05) is 708 Å². The van der Waals surface area contributed by atoms with Gasteiger partial charge in [-0.3, -0.25) is 0 Å². The summed E-state index contributed by atoms with van der Waals surface area (Å²) in [4.78, 5) is -1.08. The predicted octanol–water partition coefficient (Wildman–Crippen LogP) is 36.2. The van der Waals surface area contributed by atoms with Crippen molar-refractivity contribution >= 4 is 708 Å². The highest BCUT2D eigenvalue weighted by molar-refractivity contribution is 6.90. The molecule has 0 amide bonds. The van der Waals surface area contributed by atoms with Crippen molar-refractivity contribution in [2.45, 2.75) is 125 Å². The SMILES string of the molecule is Cl[C](Cl)C(Cl)(Cl)C(Cl)(Cl)C(Cl)(Cl)C(Cl)(Cl)C(Cl)(Cl)C(Cl)(Cl)C(Cl)(Cl)C(Cl)(Cl)C(Cl)(Cl)C(Cl)(Cl)C(Cl)(Cl)C(Cl)(Cl)C(Cl)(Cl)C(Cl)(Cl)C(Cl)(Cl)C(Cl)(Cl)C(Cl)(Cl)C(Cl)(Cl)C(Cl)(Cl)C(Cl)(Cl)C(Cl)(Cl)C(Cl)(Cl)C(Cl)(Cl)C(Cl)(Cl)C(Cl)(Cl)C(Cl)(Cl)C(Cl)(Cl)C(Cl)(Cl)C(Cl)(Cl)Cl. The second-order valence-electron chi connectivity index (χ2n) is 16.8. The fourth-order valence-corrected chi connectivity index (χ4v) is 26.9.